The molecule has 0 aliphatic rings. The number of carbonyl (C=O) groups is 2. The van der Waals surface area contributed by atoms with E-state index < -0.39 is 0 Å². The maximum Gasteiger partial charge on any atom is 0.332 e. The third-order valence-electron chi connectivity index (χ3n) is 2.44. The summed E-state index contributed by atoms with van der Waals surface area (Å²) in [6.45, 7) is 11.0. The molecule has 0 rings (SSSR count). The number of unbranched alkanes of at least 4 members (excludes halogenated alkanes) is 5. The molecule has 0 heterocycles. The first-order valence-corrected chi connectivity index (χ1v) is 7.02. The molecule has 0 aromatic heterocycles. The van der Waals surface area contributed by atoms with Crippen molar-refractivity contribution < 1.29 is 19.1 Å². The van der Waals surface area contributed by atoms with Gasteiger partial charge in [-0.15, -0.1) is 0 Å². The van der Waals surface area contributed by atoms with Gasteiger partial charge in [0.05, 0.1) is 13.7 Å². The van der Waals surface area contributed by atoms with Gasteiger partial charge in [-0.3, -0.25) is 0 Å². The van der Waals surface area contributed by atoms with Crippen molar-refractivity contribution >= 4 is 11.9 Å². The van der Waals surface area contributed by atoms with Crippen molar-refractivity contribution in [2.75, 3.05) is 13.7 Å². The Labute approximate surface area is 122 Å². The van der Waals surface area contributed by atoms with Gasteiger partial charge >= 0.3 is 11.9 Å². The Morgan fingerprint density at radius 1 is 1.10 bits per heavy atom. The lowest BCUT2D eigenvalue weighted by Gasteiger charge is -2.01. The van der Waals surface area contributed by atoms with E-state index in [9.17, 15) is 9.59 Å². The Hall–Kier alpha value is -1.58. The highest BCUT2D eigenvalue weighted by atomic mass is 16.5. The fraction of sp³-hybridized carbons (Fsp3) is 0.625. The molecule has 0 aromatic carbocycles. The lowest BCUT2D eigenvalue weighted by molar-refractivity contribution is -0.138. The van der Waals surface area contributed by atoms with E-state index in [2.05, 4.69) is 24.8 Å². The molecular formula is C16H28O4. The lowest BCUT2D eigenvalue weighted by atomic mass is 10.1. The zero-order valence-corrected chi connectivity index (χ0v) is 13.1. The first-order valence-electron chi connectivity index (χ1n) is 7.02. The van der Waals surface area contributed by atoms with Gasteiger partial charge in [-0.2, -0.15) is 0 Å². The molecule has 0 saturated heterocycles. The van der Waals surface area contributed by atoms with E-state index >= 15 is 0 Å². The summed E-state index contributed by atoms with van der Waals surface area (Å²) in [5, 5.41) is 0. The molecule has 4 heteroatoms. The molecule has 0 aromatic rings. The maximum absolute atomic E-state index is 10.6. The molecule has 0 fully saturated rings. The van der Waals surface area contributed by atoms with E-state index in [1.54, 1.807) is 6.92 Å². The Bertz CT molecular complexity index is 295. The van der Waals surface area contributed by atoms with Gasteiger partial charge in [-0.25, -0.2) is 9.59 Å². The van der Waals surface area contributed by atoms with Crippen molar-refractivity contribution in [3.63, 3.8) is 0 Å². The highest BCUT2D eigenvalue weighted by Crippen LogP contribution is 2.04. The molecule has 0 unspecified atom stereocenters. The van der Waals surface area contributed by atoms with Crippen LogP contribution in [0.15, 0.2) is 24.8 Å². The number of carbonyl (C=O) groups excluding carboxylic acids is 2. The SMILES string of the molecule is C=C(C)C(=O)OC.C=CC(=O)OCCCCCCCC. The number of ether oxygens (including phenoxy) is 2. The minimum absolute atomic E-state index is 0.312. The minimum atomic E-state index is -0.347. The summed E-state index contributed by atoms with van der Waals surface area (Å²) in [7, 11) is 1.33. The van der Waals surface area contributed by atoms with Crippen LogP contribution in [0.25, 0.3) is 0 Å². The molecule has 0 bridgehead atoms. The summed E-state index contributed by atoms with van der Waals surface area (Å²) >= 11 is 0. The van der Waals surface area contributed by atoms with Gasteiger partial charge in [0, 0.05) is 11.6 Å². The summed E-state index contributed by atoms with van der Waals surface area (Å²) in [6.07, 6.45) is 8.47. The van der Waals surface area contributed by atoms with Crippen LogP contribution in [0.1, 0.15) is 52.4 Å². The predicted octanol–water partition coefficient (Wildman–Crippen LogP) is 3.81. The molecule has 4 nitrogen and oxygen atoms in total. The number of rotatable bonds is 9. The molecular weight excluding hydrogens is 256 g/mol. The van der Waals surface area contributed by atoms with Gasteiger partial charge in [-0.05, 0) is 13.3 Å². The Kier molecular flexibility index (Phi) is 16.0. The first-order chi connectivity index (χ1) is 9.49. The van der Waals surface area contributed by atoms with E-state index in [0.29, 0.717) is 12.2 Å². The molecule has 0 aliphatic carbocycles. The van der Waals surface area contributed by atoms with Gasteiger partial charge in [0.25, 0.3) is 0 Å². The van der Waals surface area contributed by atoms with E-state index in [1.807, 2.05) is 0 Å². The van der Waals surface area contributed by atoms with Crippen LogP contribution in [0.3, 0.4) is 0 Å². The molecule has 116 valence electrons. The van der Waals surface area contributed by atoms with Crippen LogP contribution in [0, 0.1) is 0 Å². The molecule has 0 spiro atoms. The second-order valence-electron chi connectivity index (χ2n) is 4.41. The van der Waals surface area contributed by atoms with Crippen molar-refractivity contribution in [2.45, 2.75) is 52.4 Å². The average Bonchev–Trinajstić information content (AvgIpc) is 2.45. The van der Waals surface area contributed by atoms with Crippen LogP contribution < -0.4 is 0 Å². The topological polar surface area (TPSA) is 52.6 Å². The van der Waals surface area contributed by atoms with Crippen LogP contribution in [0.5, 0.6) is 0 Å². The van der Waals surface area contributed by atoms with Crippen molar-refractivity contribution in [1.29, 1.82) is 0 Å². The quantitative estimate of drug-likeness (QED) is 0.367. The molecule has 20 heavy (non-hydrogen) atoms. The molecule has 0 saturated carbocycles. The minimum Gasteiger partial charge on any atom is -0.466 e. The fourth-order valence-electron chi connectivity index (χ4n) is 1.29. The monoisotopic (exact) mass is 284 g/mol. The third-order valence-corrected chi connectivity index (χ3v) is 2.44. The van der Waals surface area contributed by atoms with Gasteiger partial charge in [0.15, 0.2) is 0 Å². The van der Waals surface area contributed by atoms with Crippen molar-refractivity contribution in [2.24, 2.45) is 0 Å². The summed E-state index contributed by atoms with van der Waals surface area (Å²) < 4.78 is 9.11. The van der Waals surface area contributed by atoms with Gasteiger partial charge in [0.1, 0.15) is 0 Å². The fourth-order valence-corrected chi connectivity index (χ4v) is 1.29. The number of esters is 2. The van der Waals surface area contributed by atoms with Crippen LogP contribution >= 0.6 is 0 Å². The van der Waals surface area contributed by atoms with Crippen LogP contribution in [-0.2, 0) is 19.1 Å². The van der Waals surface area contributed by atoms with Gasteiger partial charge in [0.2, 0.25) is 0 Å². The first kappa shape index (κ1) is 20.7. The second-order valence-corrected chi connectivity index (χ2v) is 4.41. The second kappa shape index (κ2) is 15.5. The standard InChI is InChI=1S/C11H20O2.C5H8O2/c1-3-5-6-7-8-9-10-13-11(12)4-2;1-4(2)5(6)7-3/h4H,2-3,5-10H2,1H3;1H2,2-3H3. The summed E-state index contributed by atoms with van der Waals surface area (Å²) in [4.78, 5) is 20.8. The smallest absolute Gasteiger partial charge is 0.332 e. The maximum atomic E-state index is 10.6. The van der Waals surface area contributed by atoms with E-state index in [4.69, 9.17) is 4.74 Å². The zero-order chi connectivity index (χ0) is 15.8. The number of methoxy groups -OCH3 is 1. The molecule has 0 radical (unpaired) electrons. The Balaban J connectivity index is 0. The lowest BCUT2D eigenvalue weighted by Crippen LogP contribution is -2.01. The molecule has 0 N–H and O–H groups in total. The van der Waals surface area contributed by atoms with Gasteiger partial charge < -0.3 is 9.47 Å². The Morgan fingerprint density at radius 3 is 2.05 bits per heavy atom. The highest BCUT2D eigenvalue weighted by molar-refractivity contribution is 5.86. The predicted molar refractivity (Wildman–Crippen MR) is 81.4 cm³/mol. The molecule has 0 aliphatic heterocycles. The number of hydrogen-bond donors (Lipinski definition) is 0. The molecule has 0 atom stereocenters. The number of hydrogen-bond acceptors (Lipinski definition) is 4. The van der Waals surface area contributed by atoms with Crippen molar-refractivity contribution in [3.8, 4) is 0 Å². The van der Waals surface area contributed by atoms with Crippen LogP contribution in [0.4, 0.5) is 0 Å². The third kappa shape index (κ3) is 16.4. The van der Waals surface area contributed by atoms with Crippen LogP contribution in [-0.4, -0.2) is 25.7 Å². The van der Waals surface area contributed by atoms with E-state index in [0.717, 1.165) is 12.8 Å². The van der Waals surface area contributed by atoms with Gasteiger partial charge in [-0.1, -0.05) is 52.2 Å². The van der Waals surface area contributed by atoms with E-state index in [-0.39, 0.29) is 11.9 Å². The van der Waals surface area contributed by atoms with Crippen molar-refractivity contribution in [3.05, 3.63) is 24.8 Å². The average molecular weight is 284 g/mol. The van der Waals surface area contributed by atoms with Crippen molar-refractivity contribution in [1.82, 2.24) is 0 Å². The Morgan fingerprint density at radius 2 is 1.65 bits per heavy atom. The summed E-state index contributed by atoms with van der Waals surface area (Å²) in [6, 6.07) is 0. The zero-order valence-electron chi connectivity index (χ0n) is 13.1. The van der Waals surface area contributed by atoms with E-state index in [1.165, 1.54) is 38.9 Å². The largest absolute Gasteiger partial charge is 0.466 e. The summed E-state index contributed by atoms with van der Waals surface area (Å²) in [5.41, 5.74) is 0.433. The summed E-state index contributed by atoms with van der Waals surface area (Å²) in [5.74, 6) is -0.659. The van der Waals surface area contributed by atoms with Crippen LogP contribution in [0.2, 0.25) is 0 Å². The normalized spacial score (nSPS) is 8.95. The molecule has 0 amide bonds. The highest BCUT2D eigenvalue weighted by Gasteiger charge is 1.95.